The lowest BCUT2D eigenvalue weighted by Crippen LogP contribution is -2.57. The number of hydrogen-bond donors (Lipinski definition) is 1. The van der Waals surface area contributed by atoms with Crippen LogP contribution in [0.2, 0.25) is 0 Å². The Balaban J connectivity index is 1.40. The Hall–Kier alpha value is -2.38. The average Bonchev–Trinajstić information content (AvgIpc) is 3.15. The molecule has 2 aliphatic heterocycles. The molecule has 2 fully saturated rings. The van der Waals surface area contributed by atoms with E-state index < -0.39 is 0 Å². The maximum Gasteiger partial charge on any atom is 0.253 e. The van der Waals surface area contributed by atoms with Crippen molar-refractivity contribution in [3.05, 3.63) is 47.5 Å². The van der Waals surface area contributed by atoms with Gasteiger partial charge >= 0.3 is 0 Å². The van der Waals surface area contributed by atoms with Crippen LogP contribution in [-0.2, 0) is 11.8 Å². The number of amides is 1. The molecule has 2 aromatic rings. The van der Waals surface area contributed by atoms with E-state index in [1.807, 2.05) is 61.7 Å². The van der Waals surface area contributed by atoms with Gasteiger partial charge in [0.05, 0.1) is 11.7 Å². The number of benzene rings is 1. The summed E-state index contributed by atoms with van der Waals surface area (Å²) in [5.41, 5.74) is 1.46. The van der Waals surface area contributed by atoms with Gasteiger partial charge in [0.15, 0.2) is 0 Å². The summed E-state index contributed by atoms with van der Waals surface area (Å²) in [6.07, 6.45) is 5.45. The molecule has 4 rings (SSSR count). The van der Waals surface area contributed by atoms with E-state index in [2.05, 4.69) is 10.3 Å². The van der Waals surface area contributed by atoms with Crippen LogP contribution in [0.25, 0.3) is 0 Å². The van der Waals surface area contributed by atoms with Gasteiger partial charge in [-0.1, -0.05) is 0 Å². The molecule has 1 unspecified atom stereocenters. The molecule has 7 nitrogen and oxygen atoms in total. The zero-order valence-corrected chi connectivity index (χ0v) is 18.4. The standard InChI is InChI=1S/C23H32N4O3/c1-16(2)29-19-6-5-18(13-17(19)3)22(28)27-10-7-23(8-11-27)15-24-14-20(30-23)21-25-9-12-26(21)4/h5-6,9,12-13,16,20,24H,7-8,10-11,14-15H2,1-4H3. The van der Waals surface area contributed by atoms with Crippen molar-refractivity contribution in [3.63, 3.8) is 0 Å². The summed E-state index contributed by atoms with van der Waals surface area (Å²) in [6.45, 7) is 8.95. The summed E-state index contributed by atoms with van der Waals surface area (Å²) in [4.78, 5) is 19.5. The quantitative estimate of drug-likeness (QED) is 0.836. The molecule has 1 spiro atoms. The number of imidazole rings is 1. The first kappa shape index (κ1) is 20.9. The number of piperidine rings is 1. The number of morpholine rings is 1. The predicted octanol–water partition coefficient (Wildman–Crippen LogP) is 2.85. The number of aromatic nitrogens is 2. The molecule has 1 aromatic carbocycles. The summed E-state index contributed by atoms with van der Waals surface area (Å²) in [7, 11) is 1.99. The second kappa shape index (κ2) is 8.40. The van der Waals surface area contributed by atoms with Crippen molar-refractivity contribution in [1.29, 1.82) is 0 Å². The first-order chi connectivity index (χ1) is 14.4. The highest BCUT2D eigenvalue weighted by Gasteiger charge is 2.42. The van der Waals surface area contributed by atoms with Gasteiger partial charge in [0.2, 0.25) is 0 Å². The fourth-order valence-corrected chi connectivity index (χ4v) is 4.41. The third-order valence-corrected chi connectivity index (χ3v) is 6.06. The van der Waals surface area contributed by atoms with E-state index >= 15 is 0 Å². The molecule has 0 bridgehead atoms. The van der Waals surface area contributed by atoms with Crippen molar-refractivity contribution in [1.82, 2.24) is 19.8 Å². The van der Waals surface area contributed by atoms with Gasteiger partial charge in [-0.05, 0) is 57.4 Å². The number of carbonyl (C=O) groups excluding carboxylic acids is 1. The van der Waals surface area contributed by atoms with Crippen molar-refractivity contribution >= 4 is 5.91 Å². The molecule has 1 aromatic heterocycles. The van der Waals surface area contributed by atoms with Gasteiger partial charge in [-0.2, -0.15) is 0 Å². The molecule has 1 atom stereocenters. The van der Waals surface area contributed by atoms with Crippen LogP contribution >= 0.6 is 0 Å². The van der Waals surface area contributed by atoms with Gasteiger partial charge in [-0.25, -0.2) is 4.98 Å². The molecule has 162 valence electrons. The Kier molecular flexibility index (Phi) is 5.84. The predicted molar refractivity (Wildman–Crippen MR) is 115 cm³/mol. The normalized spacial score (nSPS) is 21.2. The highest BCUT2D eigenvalue weighted by molar-refractivity contribution is 5.94. The highest BCUT2D eigenvalue weighted by Crippen LogP contribution is 2.34. The van der Waals surface area contributed by atoms with E-state index in [0.717, 1.165) is 43.1 Å². The van der Waals surface area contributed by atoms with E-state index in [-0.39, 0.29) is 23.7 Å². The van der Waals surface area contributed by atoms with Gasteiger partial charge in [0.25, 0.3) is 5.91 Å². The maximum absolute atomic E-state index is 13.1. The zero-order valence-electron chi connectivity index (χ0n) is 18.4. The second-order valence-corrected chi connectivity index (χ2v) is 8.76. The molecule has 0 saturated carbocycles. The molecule has 0 aliphatic carbocycles. The minimum Gasteiger partial charge on any atom is -0.491 e. The Morgan fingerprint density at radius 1 is 1.33 bits per heavy atom. The molecule has 2 aliphatic rings. The number of likely N-dealkylation sites (tertiary alicyclic amines) is 1. The second-order valence-electron chi connectivity index (χ2n) is 8.76. The van der Waals surface area contributed by atoms with E-state index in [1.54, 1.807) is 6.20 Å². The molecular formula is C23H32N4O3. The Morgan fingerprint density at radius 3 is 2.73 bits per heavy atom. The van der Waals surface area contributed by atoms with Crippen molar-refractivity contribution in [2.75, 3.05) is 26.2 Å². The topological polar surface area (TPSA) is 68.6 Å². The Labute approximate surface area is 178 Å². The Morgan fingerprint density at radius 2 is 2.10 bits per heavy atom. The summed E-state index contributed by atoms with van der Waals surface area (Å²) >= 11 is 0. The minimum atomic E-state index is -0.240. The summed E-state index contributed by atoms with van der Waals surface area (Å²) in [6, 6.07) is 5.70. The lowest BCUT2D eigenvalue weighted by Gasteiger charge is -2.46. The molecule has 3 heterocycles. The van der Waals surface area contributed by atoms with E-state index in [4.69, 9.17) is 9.47 Å². The average molecular weight is 413 g/mol. The van der Waals surface area contributed by atoms with Gasteiger partial charge in [-0.3, -0.25) is 4.79 Å². The SMILES string of the molecule is Cc1cc(C(=O)N2CCC3(CC2)CNCC(c2nccn2C)O3)ccc1OC(C)C. The first-order valence-electron chi connectivity index (χ1n) is 10.8. The number of carbonyl (C=O) groups is 1. The van der Waals surface area contributed by atoms with Gasteiger partial charge in [0, 0.05) is 51.2 Å². The zero-order chi connectivity index (χ0) is 21.3. The number of aryl methyl sites for hydroxylation is 2. The molecule has 1 N–H and O–H groups in total. The third kappa shape index (κ3) is 4.23. The number of rotatable bonds is 4. The van der Waals surface area contributed by atoms with Crippen molar-refractivity contribution in [3.8, 4) is 5.75 Å². The van der Waals surface area contributed by atoms with E-state index in [0.29, 0.717) is 18.7 Å². The molecule has 1 amide bonds. The fraction of sp³-hybridized carbons (Fsp3) is 0.565. The van der Waals surface area contributed by atoms with Gasteiger partial charge in [-0.15, -0.1) is 0 Å². The van der Waals surface area contributed by atoms with Gasteiger partial charge < -0.3 is 24.3 Å². The monoisotopic (exact) mass is 412 g/mol. The molecule has 30 heavy (non-hydrogen) atoms. The lowest BCUT2D eigenvalue weighted by atomic mass is 9.89. The summed E-state index contributed by atoms with van der Waals surface area (Å²) < 4.78 is 14.4. The number of ether oxygens (including phenoxy) is 2. The number of hydrogen-bond acceptors (Lipinski definition) is 5. The molecule has 7 heteroatoms. The smallest absolute Gasteiger partial charge is 0.253 e. The van der Waals surface area contributed by atoms with Gasteiger partial charge in [0.1, 0.15) is 17.7 Å². The van der Waals surface area contributed by atoms with E-state index in [1.165, 1.54) is 0 Å². The fourth-order valence-electron chi connectivity index (χ4n) is 4.41. The maximum atomic E-state index is 13.1. The third-order valence-electron chi connectivity index (χ3n) is 6.06. The molecule has 0 radical (unpaired) electrons. The van der Waals surface area contributed by atoms with Crippen molar-refractivity contribution in [2.45, 2.75) is 51.4 Å². The van der Waals surface area contributed by atoms with Crippen LogP contribution in [0.3, 0.4) is 0 Å². The highest BCUT2D eigenvalue weighted by atomic mass is 16.5. The molecule has 2 saturated heterocycles. The van der Waals surface area contributed by atoms with Crippen molar-refractivity contribution < 1.29 is 14.3 Å². The first-order valence-corrected chi connectivity index (χ1v) is 10.8. The van der Waals surface area contributed by atoms with Crippen LogP contribution in [-0.4, -0.2) is 58.2 Å². The number of nitrogens with zero attached hydrogens (tertiary/aromatic N) is 3. The van der Waals surface area contributed by atoms with E-state index in [9.17, 15) is 4.79 Å². The van der Waals surface area contributed by atoms with Crippen LogP contribution in [0.1, 0.15) is 54.5 Å². The summed E-state index contributed by atoms with van der Waals surface area (Å²) in [5, 5.41) is 3.52. The summed E-state index contributed by atoms with van der Waals surface area (Å²) in [5.74, 6) is 1.86. The van der Waals surface area contributed by atoms with Crippen LogP contribution in [0, 0.1) is 6.92 Å². The van der Waals surface area contributed by atoms with Crippen LogP contribution < -0.4 is 10.1 Å². The van der Waals surface area contributed by atoms with Crippen LogP contribution in [0.4, 0.5) is 0 Å². The largest absolute Gasteiger partial charge is 0.491 e. The minimum absolute atomic E-state index is 0.0582. The van der Waals surface area contributed by atoms with Crippen molar-refractivity contribution in [2.24, 2.45) is 7.05 Å². The lowest BCUT2D eigenvalue weighted by molar-refractivity contribution is -0.144. The Bertz CT molecular complexity index is 900. The number of nitrogens with one attached hydrogen (secondary N) is 1. The van der Waals surface area contributed by atoms with Crippen LogP contribution in [0.15, 0.2) is 30.6 Å². The van der Waals surface area contributed by atoms with Crippen LogP contribution in [0.5, 0.6) is 5.75 Å². The molecular weight excluding hydrogens is 380 g/mol.